The fourth-order valence-electron chi connectivity index (χ4n) is 2.15. The second-order valence-corrected chi connectivity index (χ2v) is 4.78. The van der Waals surface area contributed by atoms with Crippen molar-refractivity contribution in [1.82, 2.24) is 4.90 Å². The van der Waals surface area contributed by atoms with E-state index in [0.29, 0.717) is 18.4 Å². The maximum Gasteiger partial charge on any atom is 0.229 e. The Balaban J connectivity index is 2.17. The Morgan fingerprint density at radius 2 is 1.89 bits per heavy atom. The number of hydrogen-bond acceptors (Lipinski definition) is 3. The van der Waals surface area contributed by atoms with Gasteiger partial charge in [0.25, 0.3) is 0 Å². The van der Waals surface area contributed by atoms with Gasteiger partial charge in [0.05, 0.1) is 6.54 Å². The maximum atomic E-state index is 13.2. The van der Waals surface area contributed by atoms with Crippen molar-refractivity contribution in [2.75, 3.05) is 5.73 Å². The number of nitrogens with zero attached hydrogens (tertiary/aromatic N) is 1. The molecule has 4 nitrogen and oxygen atoms in total. The van der Waals surface area contributed by atoms with Crippen LogP contribution in [0.25, 0.3) is 0 Å². The van der Waals surface area contributed by atoms with Crippen LogP contribution in [0, 0.1) is 11.7 Å². The van der Waals surface area contributed by atoms with E-state index in [4.69, 9.17) is 5.73 Å². The summed E-state index contributed by atoms with van der Waals surface area (Å²) in [5.74, 6) is -0.794. The second-order valence-electron chi connectivity index (χ2n) is 4.78. The molecule has 0 radical (unpaired) electrons. The summed E-state index contributed by atoms with van der Waals surface area (Å²) >= 11 is 0. The van der Waals surface area contributed by atoms with Gasteiger partial charge in [0.15, 0.2) is 0 Å². The fourth-order valence-corrected chi connectivity index (χ4v) is 2.15. The predicted molar refractivity (Wildman–Crippen MR) is 64.8 cm³/mol. The van der Waals surface area contributed by atoms with Crippen molar-refractivity contribution >= 4 is 17.5 Å². The summed E-state index contributed by atoms with van der Waals surface area (Å²) in [5, 5.41) is 0. The molecule has 0 aromatic heterocycles. The van der Waals surface area contributed by atoms with E-state index in [2.05, 4.69) is 0 Å². The van der Waals surface area contributed by atoms with E-state index < -0.39 is 5.82 Å². The fraction of sp³-hybridized carbons (Fsp3) is 0.385. The predicted octanol–water partition coefficient (Wildman–Crippen LogP) is 1.69. The minimum absolute atomic E-state index is 0.0822. The van der Waals surface area contributed by atoms with Gasteiger partial charge in [-0.25, -0.2) is 4.39 Å². The minimum Gasteiger partial charge on any atom is -0.399 e. The van der Waals surface area contributed by atoms with Gasteiger partial charge in [0.1, 0.15) is 5.82 Å². The van der Waals surface area contributed by atoms with E-state index >= 15 is 0 Å². The molecule has 1 aromatic rings. The van der Waals surface area contributed by atoms with E-state index in [9.17, 15) is 14.0 Å². The molecule has 1 aliphatic rings. The average Bonchev–Trinajstić information content (AvgIpc) is 2.22. The Kier molecular flexibility index (Phi) is 3.32. The van der Waals surface area contributed by atoms with Crippen molar-refractivity contribution < 1.29 is 14.0 Å². The number of benzene rings is 1. The third-order valence-corrected chi connectivity index (χ3v) is 2.97. The minimum atomic E-state index is -0.463. The highest BCUT2D eigenvalue weighted by atomic mass is 19.1. The van der Waals surface area contributed by atoms with Crippen molar-refractivity contribution in [3.63, 3.8) is 0 Å². The Morgan fingerprint density at radius 3 is 2.44 bits per heavy atom. The third-order valence-electron chi connectivity index (χ3n) is 2.97. The molecule has 1 saturated heterocycles. The van der Waals surface area contributed by atoms with Gasteiger partial charge >= 0.3 is 0 Å². The summed E-state index contributed by atoms with van der Waals surface area (Å²) in [5.41, 5.74) is 6.35. The monoisotopic (exact) mass is 250 g/mol. The van der Waals surface area contributed by atoms with Gasteiger partial charge in [-0.3, -0.25) is 14.5 Å². The van der Waals surface area contributed by atoms with Crippen LogP contribution in [0.4, 0.5) is 10.1 Å². The number of nitrogen functional groups attached to an aromatic ring is 1. The third kappa shape index (κ3) is 2.67. The van der Waals surface area contributed by atoms with Crippen LogP contribution in [0.2, 0.25) is 0 Å². The zero-order chi connectivity index (χ0) is 13.3. The molecule has 1 aliphatic heterocycles. The summed E-state index contributed by atoms with van der Waals surface area (Å²) < 4.78 is 13.2. The lowest BCUT2D eigenvalue weighted by Gasteiger charge is -2.28. The van der Waals surface area contributed by atoms with Gasteiger partial charge in [0.2, 0.25) is 11.8 Å². The molecular formula is C13H15FN2O2. The van der Waals surface area contributed by atoms with E-state index in [1.807, 2.05) is 6.92 Å². The first-order chi connectivity index (χ1) is 8.45. The lowest BCUT2D eigenvalue weighted by atomic mass is 9.97. The lowest BCUT2D eigenvalue weighted by molar-refractivity contribution is -0.150. The highest BCUT2D eigenvalue weighted by Gasteiger charge is 2.30. The van der Waals surface area contributed by atoms with Crippen molar-refractivity contribution in [2.24, 2.45) is 5.92 Å². The molecule has 0 aliphatic carbocycles. The molecule has 0 unspecified atom stereocenters. The molecule has 2 rings (SSSR count). The normalized spacial score (nSPS) is 17.3. The summed E-state index contributed by atoms with van der Waals surface area (Å²) in [6, 6.07) is 4.06. The maximum absolute atomic E-state index is 13.2. The summed E-state index contributed by atoms with van der Waals surface area (Å²) in [6.07, 6.45) is 0.715. The number of hydrogen-bond donors (Lipinski definition) is 1. The Labute approximate surface area is 105 Å². The molecule has 0 saturated carbocycles. The van der Waals surface area contributed by atoms with Crippen molar-refractivity contribution in [3.05, 3.63) is 29.6 Å². The first-order valence-corrected chi connectivity index (χ1v) is 5.84. The zero-order valence-corrected chi connectivity index (χ0v) is 10.1. The van der Waals surface area contributed by atoms with E-state index in [1.54, 1.807) is 6.07 Å². The molecule has 1 heterocycles. The van der Waals surface area contributed by atoms with Crippen molar-refractivity contribution in [2.45, 2.75) is 26.3 Å². The summed E-state index contributed by atoms with van der Waals surface area (Å²) in [7, 11) is 0. The van der Waals surface area contributed by atoms with Gasteiger partial charge in [-0.05, 0) is 29.7 Å². The average molecular weight is 250 g/mol. The van der Waals surface area contributed by atoms with Crippen LogP contribution in [0.1, 0.15) is 25.3 Å². The van der Waals surface area contributed by atoms with Gasteiger partial charge in [-0.15, -0.1) is 0 Å². The van der Waals surface area contributed by atoms with E-state index in [-0.39, 0.29) is 30.0 Å². The van der Waals surface area contributed by atoms with Crippen LogP contribution in [-0.4, -0.2) is 16.7 Å². The van der Waals surface area contributed by atoms with Gasteiger partial charge in [-0.2, -0.15) is 0 Å². The topological polar surface area (TPSA) is 63.4 Å². The largest absolute Gasteiger partial charge is 0.399 e. The summed E-state index contributed by atoms with van der Waals surface area (Å²) in [4.78, 5) is 24.7. The standard InChI is InChI=1S/C13H15FN2O2/c1-8-2-12(17)16(13(18)3-8)7-9-4-10(14)6-11(15)5-9/h4-6,8H,2-3,7,15H2,1H3. The molecule has 1 fully saturated rings. The summed E-state index contributed by atoms with van der Waals surface area (Å²) in [6.45, 7) is 1.96. The number of nitrogens with two attached hydrogens (primary N) is 1. The second kappa shape index (κ2) is 4.76. The molecule has 5 heteroatoms. The Morgan fingerprint density at radius 1 is 1.28 bits per heavy atom. The molecule has 96 valence electrons. The van der Waals surface area contributed by atoms with Crippen LogP contribution < -0.4 is 5.73 Å². The number of piperidine rings is 1. The number of halogens is 1. The van der Waals surface area contributed by atoms with Crippen molar-refractivity contribution in [3.8, 4) is 0 Å². The van der Waals surface area contributed by atoms with Crippen LogP contribution in [0.5, 0.6) is 0 Å². The highest BCUT2D eigenvalue weighted by molar-refractivity contribution is 5.97. The van der Waals surface area contributed by atoms with E-state index in [1.165, 1.54) is 17.0 Å². The number of carbonyl (C=O) groups is 2. The molecule has 1 aromatic carbocycles. The molecule has 0 spiro atoms. The first-order valence-electron chi connectivity index (χ1n) is 5.84. The van der Waals surface area contributed by atoms with Crippen LogP contribution in [0.15, 0.2) is 18.2 Å². The lowest BCUT2D eigenvalue weighted by Crippen LogP contribution is -2.42. The number of likely N-dealkylation sites (tertiary alicyclic amines) is 1. The van der Waals surface area contributed by atoms with Crippen LogP contribution >= 0.6 is 0 Å². The Bertz CT molecular complexity index is 464. The van der Waals surface area contributed by atoms with Crippen LogP contribution in [-0.2, 0) is 16.1 Å². The van der Waals surface area contributed by atoms with Gasteiger partial charge in [0, 0.05) is 18.5 Å². The molecular weight excluding hydrogens is 235 g/mol. The van der Waals surface area contributed by atoms with Gasteiger partial charge in [-0.1, -0.05) is 6.92 Å². The molecule has 0 atom stereocenters. The first kappa shape index (κ1) is 12.5. The number of amides is 2. The van der Waals surface area contributed by atoms with Crippen LogP contribution in [0.3, 0.4) is 0 Å². The van der Waals surface area contributed by atoms with Crippen molar-refractivity contribution in [1.29, 1.82) is 0 Å². The quantitative estimate of drug-likeness (QED) is 0.641. The SMILES string of the molecule is CC1CC(=O)N(Cc2cc(N)cc(F)c2)C(=O)C1. The molecule has 2 N–H and O–H groups in total. The Hall–Kier alpha value is -1.91. The molecule has 0 bridgehead atoms. The smallest absolute Gasteiger partial charge is 0.229 e. The number of rotatable bonds is 2. The zero-order valence-electron chi connectivity index (χ0n) is 10.1. The van der Waals surface area contributed by atoms with E-state index in [0.717, 1.165) is 0 Å². The number of carbonyl (C=O) groups excluding carboxylic acids is 2. The number of anilines is 1. The molecule has 18 heavy (non-hydrogen) atoms. The highest BCUT2D eigenvalue weighted by Crippen LogP contribution is 2.21. The van der Waals surface area contributed by atoms with Gasteiger partial charge < -0.3 is 5.73 Å². The number of imide groups is 1. The molecule has 2 amide bonds.